The van der Waals surface area contributed by atoms with E-state index in [2.05, 4.69) is 0 Å². The first-order valence-corrected chi connectivity index (χ1v) is 8.58. The zero-order chi connectivity index (χ0) is 15.6. The van der Waals surface area contributed by atoms with Crippen molar-refractivity contribution in [1.82, 2.24) is 0 Å². The van der Waals surface area contributed by atoms with Crippen molar-refractivity contribution in [3.63, 3.8) is 0 Å². The van der Waals surface area contributed by atoms with Crippen molar-refractivity contribution in [1.29, 1.82) is 0 Å². The second-order valence-electron chi connectivity index (χ2n) is 4.59. The molecule has 1 N–H and O–H groups in total. The molecule has 0 unspecified atom stereocenters. The molecule has 0 fully saturated rings. The Labute approximate surface area is 127 Å². The summed E-state index contributed by atoms with van der Waals surface area (Å²) >= 11 is 1.17. The van der Waals surface area contributed by atoms with E-state index < -0.39 is 15.8 Å². The van der Waals surface area contributed by atoms with Crippen LogP contribution in [0.4, 0.5) is 10.1 Å². The Hall–Kier alpha value is -1.44. The van der Waals surface area contributed by atoms with E-state index in [0.29, 0.717) is 0 Å². The monoisotopic (exact) mass is 329 g/mol. The number of anilines is 1. The van der Waals surface area contributed by atoms with Gasteiger partial charge in [-0.25, -0.2) is 12.8 Å². The van der Waals surface area contributed by atoms with Gasteiger partial charge in [0, 0.05) is 4.88 Å². The maximum absolute atomic E-state index is 13.3. The molecular weight excluding hydrogens is 313 g/mol. The summed E-state index contributed by atoms with van der Waals surface area (Å²) in [6.07, 6.45) is 0. The highest BCUT2D eigenvalue weighted by atomic mass is 32.2. The highest BCUT2D eigenvalue weighted by Gasteiger charge is 2.27. The normalized spacial score (nSPS) is 11.6. The van der Waals surface area contributed by atoms with Crippen molar-refractivity contribution in [2.45, 2.75) is 18.1 Å². The highest BCUT2D eigenvalue weighted by molar-refractivity contribution is 7.94. The van der Waals surface area contributed by atoms with Crippen LogP contribution in [0.15, 0.2) is 34.5 Å². The van der Waals surface area contributed by atoms with Crippen LogP contribution in [0.5, 0.6) is 0 Å². The number of thiophene rings is 1. The largest absolute Gasteiger partial charge is 0.394 e. The Morgan fingerprint density at radius 2 is 2.00 bits per heavy atom. The molecule has 7 heteroatoms. The molecule has 0 saturated heterocycles. The van der Waals surface area contributed by atoms with Gasteiger partial charge in [-0.15, -0.1) is 11.3 Å². The lowest BCUT2D eigenvalue weighted by molar-refractivity contribution is 0.306. The molecule has 114 valence electrons. The molecule has 0 aliphatic heterocycles. The predicted molar refractivity (Wildman–Crippen MR) is 81.8 cm³/mol. The van der Waals surface area contributed by atoms with Crippen LogP contribution in [0.25, 0.3) is 0 Å². The molecular formula is C14H16FNO3S2. The fraction of sp³-hybridized carbons (Fsp3) is 0.286. The zero-order valence-corrected chi connectivity index (χ0v) is 13.3. The predicted octanol–water partition coefficient (Wildman–Crippen LogP) is 2.69. The molecule has 0 radical (unpaired) electrons. The van der Waals surface area contributed by atoms with Gasteiger partial charge in [-0.3, -0.25) is 4.31 Å². The summed E-state index contributed by atoms with van der Waals surface area (Å²) in [6, 6.07) is 6.92. The zero-order valence-electron chi connectivity index (χ0n) is 11.7. The van der Waals surface area contributed by atoms with E-state index in [0.717, 1.165) is 20.8 Å². The van der Waals surface area contributed by atoms with Crippen LogP contribution in [-0.2, 0) is 10.0 Å². The van der Waals surface area contributed by atoms with E-state index in [-0.39, 0.29) is 23.0 Å². The molecule has 2 aromatic rings. The molecule has 4 nitrogen and oxygen atoms in total. The van der Waals surface area contributed by atoms with Crippen molar-refractivity contribution in [3.8, 4) is 0 Å². The van der Waals surface area contributed by atoms with Crippen molar-refractivity contribution in [3.05, 3.63) is 46.6 Å². The van der Waals surface area contributed by atoms with E-state index in [1.807, 2.05) is 13.8 Å². The number of hydrogen-bond acceptors (Lipinski definition) is 4. The van der Waals surface area contributed by atoms with Gasteiger partial charge in [0.15, 0.2) is 0 Å². The molecule has 0 spiro atoms. The standard InChI is InChI=1S/C14H16FNO3S2/c1-10-8-14(20-11(10)2)21(18,19)16(6-7-17)13-5-3-4-12(15)9-13/h3-5,8-9,17H,6-7H2,1-2H3. The van der Waals surface area contributed by atoms with Gasteiger partial charge in [-0.2, -0.15) is 0 Å². The first-order chi connectivity index (χ1) is 9.86. The van der Waals surface area contributed by atoms with Crippen molar-refractivity contribution < 1.29 is 17.9 Å². The van der Waals surface area contributed by atoms with E-state index >= 15 is 0 Å². The van der Waals surface area contributed by atoms with Gasteiger partial charge in [0.25, 0.3) is 10.0 Å². The Balaban J connectivity index is 2.51. The lowest BCUT2D eigenvalue weighted by Crippen LogP contribution is -2.33. The third-order valence-corrected chi connectivity index (χ3v) is 6.52. The molecule has 0 aliphatic rings. The SMILES string of the molecule is Cc1cc(S(=O)(=O)N(CCO)c2cccc(F)c2)sc1C. The van der Waals surface area contributed by atoms with Gasteiger partial charge < -0.3 is 5.11 Å². The third-order valence-electron chi connectivity index (χ3n) is 3.09. The lowest BCUT2D eigenvalue weighted by Gasteiger charge is -2.22. The fourth-order valence-corrected chi connectivity index (χ4v) is 4.96. The molecule has 1 aromatic carbocycles. The summed E-state index contributed by atoms with van der Waals surface area (Å²) in [5, 5.41) is 9.14. The Kier molecular flexibility index (Phi) is 4.65. The summed E-state index contributed by atoms with van der Waals surface area (Å²) in [6.45, 7) is 3.21. The van der Waals surface area contributed by atoms with E-state index in [1.54, 1.807) is 6.07 Å². The minimum atomic E-state index is -3.81. The van der Waals surface area contributed by atoms with Crippen LogP contribution in [0.3, 0.4) is 0 Å². The van der Waals surface area contributed by atoms with Crippen LogP contribution in [0.2, 0.25) is 0 Å². The molecule has 0 aliphatic carbocycles. The van der Waals surface area contributed by atoms with E-state index in [4.69, 9.17) is 5.11 Å². The average Bonchev–Trinajstić information content (AvgIpc) is 2.76. The highest BCUT2D eigenvalue weighted by Crippen LogP contribution is 2.30. The van der Waals surface area contributed by atoms with Crippen LogP contribution >= 0.6 is 11.3 Å². The maximum atomic E-state index is 13.3. The summed E-state index contributed by atoms with van der Waals surface area (Å²) in [4.78, 5) is 0.914. The minimum Gasteiger partial charge on any atom is -0.394 e. The maximum Gasteiger partial charge on any atom is 0.273 e. The smallest absolute Gasteiger partial charge is 0.273 e. The number of aryl methyl sites for hydroxylation is 2. The number of benzene rings is 1. The van der Waals surface area contributed by atoms with Crippen molar-refractivity contribution in [2.75, 3.05) is 17.5 Å². The number of aliphatic hydroxyl groups excluding tert-OH is 1. The lowest BCUT2D eigenvalue weighted by atomic mass is 10.3. The van der Waals surface area contributed by atoms with E-state index in [1.165, 1.54) is 29.5 Å². The molecule has 0 saturated carbocycles. The first-order valence-electron chi connectivity index (χ1n) is 6.32. The van der Waals surface area contributed by atoms with Gasteiger partial charge in [0.05, 0.1) is 18.8 Å². The molecule has 2 rings (SSSR count). The number of hydrogen-bond donors (Lipinski definition) is 1. The van der Waals surface area contributed by atoms with Crippen LogP contribution in [0.1, 0.15) is 10.4 Å². The van der Waals surface area contributed by atoms with Gasteiger partial charge in [-0.05, 0) is 43.7 Å². The number of aliphatic hydroxyl groups is 1. The average molecular weight is 329 g/mol. The topological polar surface area (TPSA) is 57.6 Å². The Morgan fingerprint density at radius 1 is 1.29 bits per heavy atom. The van der Waals surface area contributed by atoms with Crippen LogP contribution < -0.4 is 4.31 Å². The first kappa shape index (κ1) is 15.9. The van der Waals surface area contributed by atoms with Gasteiger partial charge >= 0.3 is 0 Å². The van der Waals surface area contributed by atoms with Gasteiger partial charge in [0.1, 0.15) is 10.0 Å². The van der Waals surface area contributed by atoms with Crippen LogP contribution in [-0.4, -0.2) is 26.7 Å². The molecule has 21 heavy (non-hydrogen) atoms. The summed E-state index contributed by atoms with van der Waals surface area (Å²) in [5.41, 5.74) is 1.09. The van der Waals surface area contributed by atoms with Crippen molar-refractivity contribution in [2.24, 2.45) is 0 Å². The molecule has 1 aromatic heterocycles. The van der Waals surface area contributed by atoms with Crippen LogP contribution in [0, 0.1) is 19.7 Å². The van der Waals surface area contributed by atoms with E-state index in [9.17, 15) is 12.8 Å². The second kappa shape index (κ2) is 6.13. The number of rotatable bonds is 5. The fourth-order valence-electron chi connectivity index (χ4n) is 1.89. The molecule has 0 atom stereocenters. The molecule has 1 heterocycles. The molecule has 0 amide bonds. The van der Waals surface area contributed by atoms with Gasteiger partial charge in [0.2, 0.25) is 0 Å². The number of nitrogens with zero attached hydrogens (tertiary/aromatic N) is 1. The Morgan fingerprint density at radius 3 is 2.52 bits per heavy atom. The Bertz CT molecular complexity index is 721. The minimum absolute atomic E-state index is 0.123. The second-order valence-corrected chi connectivity index (χ2v) is 7.93. The third kappa shape index (κ3) is 3.25. The summed E-state index contributed by atoms with van der Waals surface area (Å²) in [5.74, 6) is -0.524. The van der Waals surface area contributed by atoms with Crippen molar-refractivity contribution >= 4 is 27.0 Å². The number of sulfonamides is 1. The van der Waals surface area contributed by atoms with Gasteiger partial charge in [-0.1, -0.05) is 6.07 Å². The summed E-state index contributed by atoms with van der Waals surface area (Å²) < 4.78 is 40.0. The summed E-state index contributed by atoms with van der Waals surface area (Å²) in [7, 11) is -3.81. The number of halogens is 1. The molecule has 0 bridgehead atoms. The quantitative estimate of drug-likeness (QED) is 0.917.